The van der Waals surface area contributed by atoms with Crippen LogP contribution in [0.3, 0.4) is 0 Å². The van der Waals surface area contributed by atoms with Crippen LogP contribution >= 0.6 is 15.9 Å². The molecular formula is C11H15BrN2O. The number of amides is 1. The summed E-state index contributed by atoms with van der Waals surface area (Å²) in [6.45, 7) is 2.01. The van der Waals surface area contributed by atoms with Crippen LogP contribution in [0.4, 0.5) is 0 Å². The molecule has 3 N–H and O–H groups in total. The fraction of sp³-hybridized carbons (Fsp3) is 0.364. The van der Waals surface area contributed by atoms with Crippen LogP contribution in [0.25, 0.3) is 0 Å². The average molecular weight is 271 g/mol. The molecule has 3 nitrogen and oxygen atoms in total. The quantitative estimate of drug-likeness (QED) is 0.872. The molecule has 1 aromatic carbocycles. The molecule has 0 saturated heterocycles. The van der Waals surface area contributed by atoms with Crippen molar-refractivity contribution in [1.29, 1.82) is 0 Å². The minimum absolute atomic E-state index is 0.130. The third-order valence-corrected chi connectivity index (χ3v) is 2.83. The van der Waals surface area contributed by atoms with Crippen LogP contribution in [0.15, 0.2) is 22.7 Å². The summed E-state index contributed by atoms with van der Waals surface area (Å²) < 4.78 is 1.01. The third-order valence-electron chi connectivity index (χ3n) is 2.33. The number of nitrogens with one attached hydrogen (secondary N) is 1. The molecular weight excluding hydrogens is 256 g/mol. The molecule has 1 atom stereocenters. The molecule has 1 amide bonds. The standard InChI is InChI=1S/C11H15BrN2O/c1-7-3-4-9(12)5-8(7)6-10(13)11(15)14-2/h3-5,10H,6,13H2,1-2H3,(H,14,15). The van der Waals surface area contributed by atoms with Crippen molar-refractivity contribution >= 4 is 21.8 Å². The van der Waals surface area contributed by atoms with Gasteiger partial charge in [0, 0.05) is 11.5 Å². The highest BCUT2D eigenvalue weighted by Crippen LogP contribution is 2.17. The Kier molecular flexibility index (Phi) is 4.29. The molecule has 4 heteroatoms. The monoisotopic (exact) mass is 270 g/mol. The van der Waals surface area contributed by atoms with Crippen molar-refractivity contribution in [3.05, 3.63) is 33.8 Å². The summed E-state index contributed by atoms with van der Waals surface area (Å²) in [5, 5.41) is 2.54. The Morgan fingerprint density at radius 2 is 2.27 bits per heavy atom. The summed E-state index contributed by atoms with van der Waals surface area (Å²) in [5.41, 5.74) is 8.00. The molecule has 0 fully saturated rings. The van der Waals surface area contributed by atoms with E-state index in [1.165, 1.54) is 0 Å². The molecule has 1 aromatic rings. The minimum atomic E-state index is -0.483. The molecule has 0 saturated carbocycles. The number of nitrogens with two attached hydrogens (primary N) is 1. The van der Waals surface area contributed by atoms with Crippen molar-refractivity contribution in [1.82, 2.24) is 5.32 Å². The highest BCUT2D eigenvalue weighted by Gasteiger charge is 2.13. The highest BCUT2D eigenvalue weighted by atomic mass is 79.9. The van der Waals surface area contributed by atoms with Crippen LogP contribution in [0.1, 0.15) is 11.1 Å². The van der Waals surface area contributed by atoms with Gasteiger partial charge in [-0.1, -0.05) is 22.0 Å². The molecule has 0 aliphatic rings. The molecule has 0 aliphatic heterocycles. The average Bonchev–Trinajstić information content (AvgIpc) is 2.22. The molecule has 1 unspecified atom stereocenters. The van der Waals surface area contributed by atoms with Gasteiger partial charge in [0.25, 0.3) is 0 Å². The van der Waals surface area contributed by atoms with E-state index in [-0.39, 0.29) is 5.91 Å². The first-order valence-electron chi connectivity index (χ1n) is 4.76. The van der Waals surface area contributed by atoms with Crippen molar-refractivity contribution in [2.24, 2.45) is 5.73 Å². The van der Waals surface area contributed by atoms with Gasteiger partial charge in [0.2, 0.25) is 5.91 Å². The number of halogens is 1. The van der Waals surface area contributed by atoms with Crippen LogP contribution in [0.2, 0.25) is 0 Å². The maximum absolute atomic E-state index is 11.3. The number of hydrogen-bond acceptors (Lipinski definition) is 2. The van der Waals surface area contributed by atoms with Crippen molar-refractivity contribution in [3.63, 3.8) is 0 Å². The lowest BCUT2D eigenvalue weighted by atomic mass is 10.0. The van der Waals surface area contributed by atoms with E-state index in [1.54, 1.807) is 7.05 Å². The SMILES string of the molecule is CNC(=O)C(N)Cc1cc(Br)ccc1C. The maximum Gasteiger partial charge on any atom is 0.237 e. The second-order valence-electron chi connectivity index (χ2n) is 3.50. The van der Waals surface area contributed by atoms with E-state index in [4.69, 9.17) is 5.73 Å². The lowest BCUT2D eigenvalue weighted by Gasteiger charge is -2.12. The predicted octanol–water partition coefficient (Wildman–Crippen LogP) is 1.37. The van der Waals surface area contributed by atoms with E-state index < -0.39 is 6.04 Å². The van der Waals surface area contributed by atoms with E-state index in [0.29, 0.717) is 6.42 Å². The number of rotatable bonds is 3. The zero-order chi connectivity index (χ0) is 11.4. The van der Waals surface area contributed by atoms with Gasteiger partial charge in [-0.2, -0.15) is 0 Å². The Bertz CT molecular complexity index is 366. The molecule has 0 aromatic heterocycles. The van der Waals surface area contributed by atoms with E-state index in [1.807, 2.05) is 25.1 Å². The molecule has 0 bridgehead atoms. The molecule has 82 valence electrons. The van der Waals surface area contributed by atoms with Gasteiger partial charge in [0.15, 0.2) is 0 Å². The molecule has 0 spiro atoms. The molecule has 0 heterocycles. The topological polar surface area (TPSA) is 55.1 Å². The van der Waals surface area contributed by atoms with Crippen LogP contribution in [0, 0.1) is 6.92 Å². The van der Waals surface area contributed by atoms with Crippen LogP contribution in [-0.4, -0.2) is 19.0 Å². The van der Waals surface area contributed by atoms with Gasteiger partial charge in [0.05, 0.1) is 6.04 Å². The van der Waals surface area contributed by atoms with Gasteiger partial charge in [0.1, 0.15) is 0 Å². The number of aryl methyl sites for hydroxylation is 1. The zero-order valence-corrected chi connectivity index (χ0v) is 10.5. The van der Waals surface area contributed by atoms with Crippen molar-refractivity contribution in [3.8, 4) is 0 Å². The van der Waals surface area contributed by atoms with E-state index in [9.17, 15) is 4.79 Å². The summed E-state index contributed by atoms with van der Waals surface area (Å²) in [6.07, 6.45) is 0.560. The normalized spacial score (nSPS) is 12.3. The van der Waals surface area contributed by atoms with Gasteiger partial charge in [-0.3, -0.25) is 4.79 Å². The van der Waals surface area contributed by atoms with Gasteiger partial charge < -0.3 is 11.1 Å². The first kappa shape index (κ1) is 12.2. The van der Waals surface area contributed by atoms with Crippen LogP contribution < -0.4 is 11.1 Å². The Hall–Kier alpha value is -0.870. The number of likely N-dealkylation sites (N-methyl/N-ethyl adjacent to an activating group) is 1. The van der Waals surface area contributed by atoms with Gasteiger partial charge in [-0.25, -0.2) is 0 Å². The fourth-order valence-corrected chi connectivity index (χ4v) is 1.78. The van der Waals surface area contributed by atoms with E-state index in [0.717, 1.165) is 15.6 Å². The smallest absolute Gasteiger partial charge is 0.237 e. The number of carbonyl (C=O) groups is 1. The Labute approximate surface area is 98.2 Å². The van der Waals surface area contributed by atoms with Gasteiger partial charge >= 0.3 is 0 Å². The van der Waals surface area contributed by atoms with Crippen molar-refractivity contribution in [2.45, 2.75) is 19.4 Å². The summed E-state index contributed by atoms with van der Waals surface area (Å²) in [5.74, 6) is -0.130. The first-order valence-corrected chi connectivity index (χ1v) is 5.56. The largest absolute Gasteiger partial charge is 0.358 e. The fourth-order valence-electron chi connectivity index (χ4n) is 1.37. The Balaban J connectivity index is 2.80. The second kappa shape index (κ2) is 5.28. The molecule has 0 radical (unpaired) electrons. The Morgan fingerprint density at radius 3 is 2.87 bits per heavy atom. The number of benzene rings is 1. The van der Waals surface area contributed by atoms with Gasteiger partial charge in [-0.05, 0) is 36.6 Å². The predicted molar refractivity (Wildman–Crippen MR) is 64.6 cm³/mol. The zero-order valence-electron chi connectivity index (χ0n) is 8.88. The maximum atomic E-state index is 11.3. The molecule has 15 heavy (non-hydrogen) atoms. The van der Waals surface area contributed by atoms with Crippen LogP contribution in [-0.2, 0) is 11.2 Å². The number of hydrogen-bond donors (Lipinski definition) is 2. The minimum Gasteiger partial charge on any atom is -0.358 e. The summed E-state index contributed by atoms with van der Waals surface area (Å²) in [7, 11) is 1.59. The van der Waals surface area contributed by atoms with E-state index in [2.05, 4.69) is 21.2 Å². The Morgan fingerprint density at radius 1 is 1.60 bits per heavy atom. The molecule has 1 rings (SSSR count). The van der Waals surface area contributed by atoms with Crippen molar-refractivity contribution < 1.29 is 4.79 Å². The lowest BCUT2D eigenvalue weighted by Crippen LogP contribution is -2.40. The number of carbonyl (C=O) groups excluding carboxylic acids is 1. The lowest BCUT2D eigenvalue weighted by molar-refractivity contribution is -0.121. The highest BCUT2D eigenvalue weighted by molar-refractivity contribution is 9.10. The first-order chi connectivity index (χ1) is 7.04. The van der Waals surface area contributed by atoms with Crippen LogP contribution in [0.5, 0.6) is 0 Å². The summed E-state index contributed by atoms with van der Waals surface area (Å²) >= 11 is 3.40. The van der Waals surface area contributed by atoms with Gasteiger partial charge in [-0.15, -0.1) is 0 Å². The van der Waals surface area contributed by atoms with E-state index >= 15 is 0 Å². The second-order valence-corrected chi connectivity index (χ2v) is 4.41. The van der Waals surface area contributed by atoms with Crippen molar-refractivity contribution in [2.75, 3.05) is 7.05 Å². The third kappa shape index (κ3) is 3.32. The summed E-state index contributed by atoms with van der Waals surface area (Å²) in [4.78, 5) is 11.3. The summed E-state index contributed by atoms with van der Waals surface area (Å²) in [6, 6.07) is 5.50. The molecule has 0 aliphatic carbocycles.